The molecule has 32 heavy (non-hydrogen) atoms. The normalized spacial score (nSPS) is 12.9. The van der Waals surface area contributed by atoms with Crippen molar-refractivity contribution in [3.8, 4) is 0 Å². The largest absolute Gasteiger partial charge is 0.423 e. The third kappa shape index (κ3) is 3.85. The molecule has 2 heterocycles. The van der Waals surface area contributed by atoms with Crippen LogP contribution >= 0.6 is 23.4 Å². The summed E-state index contributed by atoms with van der Waals surface area (Å²) >= 11 is 8.12. The minimum absolute atomic E-state index is 0.369. The molecule has 0 unspecified atom stereocenters. The van der Waals surface area contributed by atoms with Crippen LogP contribution in [0.3, 0.4) is 0 Å². The third-order valence-electron chi connectivity index (χ3n) is 5.61. The third-order valence-corrected chi connectivity index (χ3v) is 7.13. The quantitative estimate of drug-likeness (QED) is 0.290. The molecule has 160 valence electrons. The van der Waals surface area contributed by atoms with E-state index in [9.17, 15) is 4.79 Å². The summed E-state index contributed by atoms with van der Waals surface area (Å²) in [4.78, 5) is 17.0. The van der Waals surface area contributed by atoms with Crippen molar-refractivity contribution in [1.29, 1.82) is 0 Å². The van der Waals surface area contributed by atoms with Crippen LogP contribution in [-0.2, 0) is 0 Å². The average molecular weight is 460 g/mol. The van der Waals surface area contributed by atoms with E-state index in [-0.39, 0.29) is 5.63 Å². The standard InChI is InChI=1S/C27H22ClNO2S/c1-3-12-29-22-6-4-5-7-25(22)32-26-14-18(9-11-23(26)29)8-10-19-15-27(30)31-24-13-17(2)21(28)16-20(19)24/h4-11,13-16H,3,12H2,1-2H3/b10-8-. The highest BCUT2D eigenvalue weighted by Crippen LogP contribution is 2.48. The highest BCUT2D eigenvalue weighted by atomic mass is 35.5. The first-order valence-electron chi connectivity index (χ1n) is 10.6. The van der Waals surface area contributed by atoms with Crippen LogP contribution in [-0.4, -0.2) is 6.54 Å². The molecule has 0 aliphatic carbocycles. The van der Waals surface area contributed by atoms with Gasteiger partial charge in [0.2, 0.25) is 0 Å². The second kappa shape index (κ2) is 8.53. The maximum atomic E-state index is 12.1. The number of para-hydroxylation sites is 1. The summed E-state index contributed by atoms with van der Waals surface area (Å²) in [6.07, 6.45) is 5.07. The van der Waals surface area contributed by atoms with E-state index in [2.05, 4.69) is 54.3 Å². The van der Waals surface area contributed by atoms with Crippen LogP contribution in [0.5, 0.6) is 0 Å². The summed E-state index contributed by atoms with van der Waals surface area (Å²) in [5.74, 6) is 0. The Morgan fingerprint density at radius 2 is 1.81 bits per heavy atom. The highest BCUT2D eigenvalue weighted by Gasteiger charge is 2.22. The summed E-state index contributed by atoms with van der Waals surface area (Å²) < 4.78 is 5.38. The van der Waals surface area contributed by atoms with Gasteiger partial charge in [-0.05, 0) is 66.4 Å². The summed E-state index contributed by atoms with van der Waals surface area (Å²) in [7, 11) is 0. The van der Waals surface area contributed by atoms with Gasteiger partial charge in [0.05, 0.1) is 11.4 Å². The summed E-state index contributed by atoms with van der Waals surface area (Å²) in [5, 5.41) is 1.48. The van der Waals surface area contributed by atoms with E-state index < -0.39 is 0 Å². The van der Waals surface area contributed by atoms with Gasteiger partial charge >= 0.3 is 5.63 Å². The first-order chi connectivity index (χ1) is 15.5. The smallest absolute Gasteiger partial charge is 0.336 e. The number of halogens is 1. The van der Waals surface area contributed by atoms with E-state index in [1.165, 1.54) is 27.2 Å². The number of nitrogens with zero attached hydrogens (tertiary/aromatic N) is 1. The molecule has 0 saturated carbocycles. The molecule has 0 N–H and O–H groups in total. The second-order valence-electron chi connectivity index (χ2n) is 7.90. The summed E-state index contributed by atoms with van der Waals surface area (Å²) in [6.45, 7) is 5.08. The van der Waals surface area contributed by atoms with Crippen LogP contribution in [0.25, 0.3) is 23.1 Å². The van der Waals surface area contributed by atoms with Gasteiger partial charge < -0.3 is 9.32 Å². The van der Waals surface area contributed by atoms with Crippen molar-refractivity contribution in [2.24, 2.45) is 0 Å². The molecule has 1 aromatic heterocycles. The minimum atomic E-state index is -0.369. The Morgan fingerprint density at radius 1 is 1.00 bits per heavy atom. The van der Waals surface area contributed by atoms with E-state index in [4.69, 9.17) is 16.0 Å². The topological polar surface area (TPSA) is 33.5 Å². The molecule has 0 saturated heterocycles. The predicted octanol–water partition coefficient (Wildman–Crippen LogP) is 7.94. The molecule has 0 spiro atoms. The van der Waals surface area contributed by atoms with Gasteiger partial charge in [-0.15, -0.1) is 0 Å². The molecule has 3 nitrogen and oxygen atoms in total. The fraction of sp³-hybridized carbons (Fsp3) is 0.148. The monoisotopic (exact) mass is 459 g/mol. The molecule has 5 heteroatoms. The van der Waals surface area contributed by atoms with Gasteiger partial charge in [0.15, 0.2) is 0 Å². The zero-order valence-electron chi connectivity index (χ0n) is 17.9. The van der Waals surface area contributed by atoms with Gasteiger partial charge in [0.1, 0.15) is 5.58 Å². The number of benzene rings is 3. The Kier molecular flexibility index (Phi) is 5.58. The fourth-order valence-electron chi connectivity index (χ4n) is 4.05. The number of rotatable bonds is 4. The van der Waals surface area contributed by atoms with E-state index in [1.54, 1.807) is 11.8 Å². The summed E-state index contributed by atoms with van der Waals surface area (Å²) in [6, 6.07) is 20.2. The van der Waals surface area contributed by atoms with Gasteiger partial charge in [-0.25, -0.2) is 4.79 Å². The number of fused-ring (bicyclic) bond motifs is 3. The van der Waals surface area contributed by atoms with Gasteiger partial charge in [-0.3, -0.25) is 0 Å². The molecule has 0 bridgehead atoms. The van der Waals surface area contributed by atoms with Crippen LogP contribution in [0, 0.1) is 6.92 Å². The molecule has 0 atom stereocenters. The van der Waals surface area contributed by atoms with E-state index in [1.807, 2.05) is 31.2 Å². The van der Waals surface area contributed by atoms with Gasteiger partial charge in [0, 0.05) is 32.8 Å². The van der Waals surface area contributed by atoms with Gasteiger partial charge in [-0.1, -0.05) is 60.6 Å². The van der Waals surface area contributed by atoms with Crippen molar-refractivity contribution < 1.29 is 4.42 Å². The molecule has 1 aliphatic heterocycles. The highest BCUT2D eigenvalue weighted by molar-refractivity contribution is 7.99. The second-order valence-corrected chi connectivity index (χ2v) is 9.39. The molecule has 0 amide bonds. The van der Waals surface area contributed by atoms with E-state index in [0.717, 1.165) is 35.0 Å². The Labute approximate surface area is 196 Å². The van der Waals surface area contributed by atoms with E-state index in [0.29, 0.717) is 10.6 Å². The van der Waals surface area contributed by atoms with Crippen molar-refractivity contribution in [2.45, 2.75) is 30.1 Å². The number of anilines is 2. The first-order valence-corrected chi connectivity index (χ1v) is 11.8. The van der Waals surface area contributed by atoms with Gasteiger partial charge in [-0.2, -0.15) is 0 Å². The van der Waals surface area contributed by atoms with Gasteiger partial charge in [0.25, 0.3) is 0 Å². The van der Waals surface area contributed by atoms with Crippen molar-refractivity contribution >= 4 is 57.9 Å². The van der Waals surface area contributed by atoms with Crippen LogP contribution in [0.15, 0.2) is 79.7 Å². The lowest BCUT2D eigenvalue weighted by atomic mass is 10.1. The molecule has 5 rings (SSSR count). The summed E-state index contributed by atoms with van der Waals surface area (Å²) in [5.41, 5.74) is 5.43. The lowest BCUT2D eigenvalue weighted by molar-refractivity contribution is 0.560. The number of aryl methyl sites for hydroxylation is 1. The average Bonchev–Trinajstić information content (AvgIpc) is 2.78. The van der Waals surface area contributed by atoms with Crippen molar-refractivity contribution in [3.05, 3.63) is 92.8 Å². The minimum Gasteiger partial charge on any atom is -0.423 e. The van der Waals surface area contributed by atoms with Crippen molar-refractivity contribution in [3.63, 3.8) is 0 Å². The van der Waals surface area contributed by atoms with Crippen LogP contribution < -0.4 is 10.5 Å². The fourth-order valence-corrected chi connectivity index (χ4v) is 5.36. The van der Waals surface area contributed by atoms with Crippen LogP contribution in [0.4, 0.5) is 11.4 Å². The van der Waals surface area contributed by atoms with Crippen molar-refractivity contribution in [2.75, 3.05) is 11.4 Å². The SMILES string of the molecule is CCCN1c2ccccc2Sc2cc(/C=C\c3cc(=O)oc4cc(C)c(Cl)cc34)ccc21. The molecule has 0 radical (unpaired) electrons. The predicted molar refractivity (Wildman–Crippen MR) is 135 cm³/mol. The number of hydrogen-bond donors (Lipinski definition) is 0. The zero-order valence-corrected chi connectivity index (χ0v) is 19.5. The van der Waals surface area contributed by atoms with Crippen LogP contribution in [0.1, 0.15) is 30.0 Å². The maximum absolute atomic E-state index is 12.1. The van der Waals surface area contributed by atoms with E-state index >= 15 is 0 Å². The molecule has 0 fully saturated rings. The molecular weight excluding hydrogens is 438 g/mol. The Bertz CT molecular complexity index is 1420. The van der Waals surface area contributed by atoms with Crippen LogP contribution in [0.2, 0.25) is 5.02 Å². The first kappa shape index (κ1) is 20.9. The Balaban J connectivity index is 1.54. The zero-order chi connectivity index (χ0) is 22.2. The molecular formula is C27H22ClNO2S. The molecule has 4 aromatic rings. The lowest BCUT2D eigenvalue weighted by Gasteiger charge is -2.32. The Hall–Kier alpha value is -2.95. The van der Waals surface area contributed by atoms with Crippen molar-refractivity contribution in [1.82, 2.24) is 0 Å². The lowest BCUT2D eigenvalue weighted by Crippen LogP contribution is -2.21. The molecule has 3 aromatic carbocycles. The molecule has 1 aliphatic rings. The number of hydrogen-bond acceptors (Lipinski definition) is 4. The Morgan fingerprint density at radius 3 is 2.66 bits per heavy atom. The maximum Gasteiger partial charge on any atom is 0.336 e.